The Hall–Kier alpha value is -1.82. The highest BCUT2D eigenvalue weighted by Crippen LogP contribution is 2.42. The summed E-state index contributed by atoms with van der Waals surface area (Å²) in [6.45, 7) is -2.87. The predicted molar refractivity (Wildman–Crippen MR) is 68.4 cm³/mol. The van der Waals surface area contributed by atoms with Crippen molar-refractivity contribution in [1.82, 2.24) is 5.48 Å². The van der Waals surface area contributed by atoms with Gasteiger partial charge in [0.1, 0.15) is 5.60 Å². The van der Waals surface area contributed by atoms with Crippen LogP contribution in [0.4, 0.5) is 8.78 Å². The zero-order valence-electron chi connectivity index (χ0n) is 11.0. The van der Waals surface area contributed by atoms with E-state index in [0.717, 1.165) is 30.5 Å². The first-order chi connectivity index (χ1) is 9.62. The fourth-order valence-corrected chi connectivity index (χ4v) is 2.42. The van der Waals surface area contributed by atoms with Crippen molar-refractivity contribution in [2.45, 2.75) is 31.5 Å². The standard InChI is InChI=1S/C14H15F2NO3/c1-18-12-7-9(3-4-11(12)19-13(15)16)10-8-14(20-17-10)5-2-6-14/h3-4,7-8,13,17H,2,5-6H2,1H3. The number of ether oxygens (including phenoxy) is 2. The first kappa shape index (κ1) is 13.2. The second kappa shape index (κ2) is 4.94. The van der Waals surface area contributed by atoms with E-state index in [-0.39, 0.29) is 17.1 Å². The Morgan fingerprint density at radius 1 is 1.30 bits per heavy atom. The van der Waals surface area contributed by atoms with Crippen molar-refractivity contribution in [2.75, 3.05) is 7.11 Å². The summed E-state index contributed by atoms with van der Waals surface area (Å²) in [6, 6.07) is 4.81. The third-order valence-corrected chi connectivity index (χ3v) is 3.66. The number of hydroxylamine groups is 1. The Morgan fingerprint density at radius 2 is 2.10 bits per heavy atom. The number of hydrogen-bond donors (Lipinski definition) is 1. The maximum Gasteiger partial charge on any atom is 0.387 e. The van der Waals surface area contributed by atoms with Crippen LogP contribution in [0.25, 0.3) is 5.70 Å². The van der Waals surface area contributed by atoms with E-state index in [1.165, 1.54) is 13.2 Å². The zero-order valence-corrected chi connectivity index (χ0v) is 11.0. The number of nitrogens with one attached hydrogen (secondary N) is 1. The average Bonchev–Trinajstić information content (AvgIpc) is 2.84. The van der Waals surface area contributed by atoms with E-state index >= 15 is 0 Å². The molecule has 108 valence electrons. The number of benzene rings is 1. The fourth-order valence-electron chi connectivity index (χ4n) is 2.42. The number of alkyl halides is 2. The van der Waals surface area contributed by atoms with Crippen molar-refractivity contribution < 1.29 is 23.1 Å². The highest BCUT2D eigenvalue weighted by molar-refractivity contribution is 5.68. The summed E-state index contributed by atoms with van der Waals surface area (Å²) in [5.41, 5.74) is 4.34. The molecule has 1 aromatic rings. The summed E-state index contributed by atoms with van der Waals surface area (Å²) >= 11 is 0. The van der Waals surface area contributed by atoms with Gasteiger partial charge in [-0.05, 0) is 43.5 Å². The molecule has 0 bridgehead atoms. The smallest absolute Gasteiger partial charge is 0.387 e. The molecule has 6 heteroatoms. The number of rotatable bonds is 4. The first-order valence-corrected chi connectivity index (χ1v) is 6.42. The molecule has 1 heterocycles. The third-order valence-electron chi connectivity index (χ3n) is 3.66. The molecule has 0 atom stereocenters. The highest BCUT2D eigenvalue weighted by atomic mass is 19.3. The first-order valence-electron chi connectivity index (χ1n) is 6.42. The topological polar surface area (TPSA) is 39.7 Å². The predicted octanol–water partition coefficient (Wildman–Crippen LogP) is 3.10. The maximum absolute atomic E-state index is 12.3. The monoisotopic (exact) mass is 283 g/mol. The van der Waals surface area contributed by atoms with Crippen LogP contribution in [-0.2, 0) is 4.84 Å². The van der Waals surface area contributed by atoms with Gasteiger partial charge in [0.25, 0.3) is 0 Å². The van der Waals surface area contributed by atoms with Crippen molar-refractivity contribution in [1.29, 1.82) is 0 Å². The number of hydrogen-bond acceptors (Lipinski definition) is 4. The lowest BCUT2D eigenvalue weighted by Crippen LogP contribution is -2.36. The molecule has 0 unspecified atom stereocenters. The van der Waals surface area contributed by atoms with Crippen LogP contribution in [0.15, 0.2) is 24.3 Å². The largest absolute Gasteiger partial charge is 0.493 e. The highest BCUT2D eigenvalue weighted by Gasteiger charge is 2.41. The lowest BCUT2D eigenvalue weighted by Gasteiger charge is -2.33. The molecule has 1 aromatic carbocycles. The van der Waals surface area contributed by atoms with Crippen molar-refractivity contribution in [3.05, 3.63) is 29.8 Å². The zero-order chi connectivity index (χ0) is 14.2. The molecule has 0 amide bonds. The Bertz CT molecular complexity index is 541. The normalized spacial score (nSPS) is 19.5. The second-order valence-corrected chi connectivity index (χ2v) is 4.92. The molecule has 1 aliphatic carbocycles. The van der Waals surface area contributed by atoms with Gasteiger partial charge in [-0.3, -0.25) is 10.3 Å². The summed E-state index contributed by atoms with van der Waals surface area (Å²) in [5.74, 6) is 0.282. The van der Waals surface area contributed by atoms with Gasteiger partial charge in [-0.1, -0.05) is 0 Å². The van der Waals surface area contributed by atoms with Gasteiger partial charge in [-0.15, -0.1) is 0 Å². The Balaban J connectivity index is 1.86. The van der Waals surface area contributed by atoms with Crippen LogP contribution in [0.3, 0.4) is 0 Å². The summed E-state index contributed by atoms with van der Waals surface area (Å²) < 4.78 is 34.0. The van der Waals surface area contributed by atoms with Crippen molar-refractivity contribution in [2.24, 2.45) is 0 Å². The molecule has 1 aliphatic heterocycles. The van der Waals surface area contributed by atoms with E-state index in [9.17, 15) is 8.78 Å². The minimum atomic E-state index is -2.87. The lowest BCUT2D eigenvalue weighted by atomic mass is 9.80. The molecule has 0 saturated heterocycles. The van der Waals surface area contributed by atoms with E-state index in [4.69, 9.17) is 9.57 Å². The fraction of sp³-hybridized carbons (Fsp3) is 0.429. The average molecular weight is 283 g/mol. The van der Waals surface area contributed by atoms with Crippen LogP contribution in [0.2, 0.25) is 0 Å². The van der Waals surface area contributed by atoms with Crippen LogP contribution in [0.5, 0.6) is 11.5 Å². The van der Waals surface area contributed by atoms with Crippen molar-refractivity contribution in [3.8, 4) is 11.5 Å². The molecule has 3 rings (SSSR count). The summed E-state index contributed by atoms with van der Waals surface area (Å²) in [5, 5.41) is 0. The lowest BCUT2D eigenvalue weighted by molar-refractivity contribution is -0.0821. The van der Waals surface area contributed by atoms with Crippen LogP contribution in [0, 0.1) is 0 Å². The third kappa shape index (κ3) is 2.31. The van der Waals surface area contributed by atoms with Crippen LogP contribution in [0.1, 0.15) is 24.8 Å². The van der Waals surface area contributed by atoms with Crippen LogP contribution in [-0.4, -0.2) is 19.3 Å². The number of methoxy groups -OCH3 is 1. The van der Waals surface area contributed by atoms with Crippen LogP contribution < -0.4 is 15.0 Å². The molecule has 4 nitrogen and oxygen atoms in total. The molecule has 0 aromatic heterocycles. The van der Waals surface area contributed by atoms with Gasteiger partial charge in [0.15, 0.2) is 11.5 Å². The minimum Gasteiger partial charge on any atom is -0.493 e. The van der Waals surface area contributed by atoms with E-state index in [1.54, 1.807) is 12.1 Å². The summed E-state index contributed by atoms with van der Waals surface area (Å²) in [4.78, 5) is 5.58. The quantitative estimate of drug-likeness (QED) is 0.921. The molecule has 1 saturated carbocycles. The van der Waals surface area contributed by atoms with Crippen molar-refractivity contribution in [3.63, 3.8) is 0 Å². The van der Waals surface area contributed by atoms with Gasteiger partial charge in [0.2, 0.25) is 0 Å². The summed E-state index contributed by atoms with van der Waals surface area (Å²) in [6.07, 6.45) is 5.18. The Morgan fingerprint density at radius 3 is 2.65 bits per heavy atom. The molecule has 1 spiro atoms. The van der Waals surface area contributed by atoms with Gasteiger partial charge < -0.3 is 9.47 Å². The molecule has 20 heavy (non-hydrogen) atoms. The van der Waals surface area contributed by atoms with Gasteiger partial charge >= 0.3 is 6.61 Å². The van der Waals surface area contributed by atoms with Gasteiger partial charge in [0.05, 0.1) is 12.8 Å². The second-order valence-electron chi connectivity index (χ2n) is 4.92. The van der Waals surface area contributed by atoms with E-state index in [1.807, 2.05) is 6.08 Å². The molecular weight excluding hydrogens is 268 g/mol. The minimum absolute atomic E-state index is 0.0177. The molecule has 1 N–H and O–H groups in total. The van der Waals surface area contributed by atoms with E-state index < -0.39 is 6.61 Å². The van der Waals surface area contributed by atoms with E-state index in [2.05, 4.69) is 10.2 Å². The van der Waals surface area contributed by atoms with E-state index in [0.29, 0.717) is 0 Å². The molecule has 1 fully saturated rings. The molecule has 0 radical (unpaired) electrons. The van der Waals surface area contributed by atoms with Crippen LogP contribution >= 0.6 is 0 Å². The summed E-state index contributed by atoms with van der Waals surface area (Å²) in [7, 11) is 1.41. The molecular formula is C14H15F2NO3. The van der Waals surface area contributed by atoms with Gasteiger partial charge in [-0.2, -0.15) is 8.78 Å². The Labute approximate surface area is 115 Å². The Kier molecular flexibility index (Phi) is 3.25. The number of halogens is 2. The van der Waals surface area contributed by atoms with Crippen molar-refractivity contribution >= 4 is 5.70 Å². The molecule has 2 aliphatic rings. The van der Waals surface area contributed by atoms with Gasteiger partial charge in [0, 0.05) is 5.56 Å². The van der Waals surface area contributed by atoms with Gasteiger partial charge in [-0.25, -0.2) is 0 Å². The SMILES string of the molecule is COc1cc(C2=CC3(CCC3)ON2)ccc1OC(F)F. The maximum atomic E-state index is 12.3.